The van der Waals surface area contributed by atoms with Crippen LogP contribution in [0.4, 0.5) is 0 Å². The lowest BCUT2D eigenvalue weighted by molar-refractivity contribution is 0.107. The SMILES string of the molecule is C=C(Br)COCP(=O)(OC(C)C)OC(C)C. The molecule has 0 spiro atoms. The van der Waals surface area contributed by atoms with Crippen molar-refractivity contribution in [1.29, 1.82) is 0 Å². The molecule has 0 radical (unpaired) electrons. The highest BCUT2D eigenvalue weighted by Crippen LogP contribution is 2.50. The maximum Gasteiger partial charge on any atom is 0.356 e. The van der Waals surface area contributed by atoms with E-state index in [1.54, 1.807) is 27.7 Å². The minimum atomic E-state index is -3.17. The van der Waals surface area contributed by atoms with Crippen molar-refractivity contribution >= 4 is 23.5 Å². The first-order valence-electron chi connectivity index (χ1n) is 5.12. The van der Waals surface area contributed by atoms with Crippen LogP contribution >= 0.6 is 23.5 Å². The van der Waals surface area contributed by atoms with Crippen molar-refractivity contribution in [1.82, 2.24) is 0 Å². The fraction of sp³-hybridized carbons (Fsp3) is 0.800. The molecule has 0 aliphatic rings. The largest absolute Gasteiger partial charge is 0.364 e. The summed E-state index contributed by atoms with van der Waals surface area (Å²) < 4.78 is 28.7. The van der Waals surface area contributed by atoms with Crippen LogP contribution in [0.2, 0.25) is 0 Å². The minimum absolute atomic E-state index is 0.0615. The van der Waals surface area contributed by atoms with E-state index in [4.69, 9.17) is 13.8 Å². The van der Waals surface area contributed by atoms with Gasteiger partial charge in [-0.05, 0) is 27.7 Å². The average molecular weight is 315 g/mol. The summed E-state index contributed by atoms with van der Waals surface area (Å²) in [6.45, 7) is 11.1. The highest BCUT2D eigenvalue weighted by Gasteiger charge is 2.27. The van der Waals surface area contributed by atoms with E-state index in [0.29, 0.717) is 4.48 Å². The molecule has 0 N–H and O–H groups in total. The second-order valence-electron chi connectivity index (χ2n) is 3.91. The van der Waals surface area contributed by atoms with Crippen LogP contribution in [-0.2, 0) is 18.3 Å². The molecule has 0 saturated carbocycles. The van der Waals surface area contributed by atoms with Crippen molar-refractivity contribution in [2.24, 2.45) is 0 Å². The first-order chi connectivity index (χ1) is 7.25. The summed E-state index contributed by atoms with van der Waals surface area (Å²) in [4.78, 5) is 0. The van der Waals surface area contributed by atoms with Gasteiger partial charge < -0.3 is 13.8 Å². The summed E-state index contributed by atoms with van der Waals surface area (Å²) in [5.41, 5.74) is 0. The van der Waals surface area contributed by atoms with E-state index in [1.165, 1.54) is 0 Å². The maximum atomic E-state index is 12.2. The molecular weight excluding hydrogens is 295 g/mol. The van der Waals surface area contributed by atoms with Gasteiger partial charge in [-0.3, -0.25) is 4.57 Å². The Labute approximate surface area is 106 Å². The molecule has 0 aliphatic heterocycles. The molecule has 0 unspecified atom stereocenters. The van der Waals surface area contributed by atoms with E-state index in [9.17, 15) is 4.57 Å². The fourth-order valence-corrected chi connectivity index (χ4v) is 2.93. The van der Waals surface area contributed by atoms with E-state index in [-0.39, 0.29) is 25.2 Å². The van der Waals surface area contributed by atoms with Crippen LogP contribution in [0.25, 0.3) is 0 Å². The van der Waals surface area contributed by atoms with Gasteiger partial charge in [0.25, 0.3) is 0 Å². The summed E-state index contributed by atoms with van der Waals surface area (Å²) in [6.07, 6.45) is -0.394. The van der Waals surface area contributed by atoms with E-state index in [0.717, 1.165) is 0 Å². The summed E-state index contributed by atoms with van der Waals surface area (Å²) >= 11 is 3.15. The Morgan fingerprint density at radius 1 is 1.25 bits per heavy atom. The molecule has 0 aromatic carbocycles. The zero-order valence-electron chi connectivity index (χ0n) is 10.2. The Balaban J connectivity index is 4.30. The Kier molecular flexibility index (Phi) is 7.77. The van der Waals surface area contributed by atoms with Crippen LogP contribution in [0, 0.1) is 0 Å². The zero-order chi connectivity index (χ0) is 12.8. The lowest BCUT2D eigenvalue weighted by atomic mass is 10.5. The third kappa shape index (κ3) is 8.48. The van der Waals surface area contributed by atoms with Gasteiger partial charge in [-0.2, -0.15) is 0 Å². The van der Waals surface area contributed by atoms with Crippen molar-refractivity contribution in [2.75, 3.05) is 13.0 Å². The Bertz CT molecular complexity index is 252. The summed E-state index contributed by atoms with van der Waals surface area (Å²) in [7, 11) is -3.17. The van der Waals surface area contributed by atoms with E-state index in [2.05, 4.69) is 22.5 Å². The zero-order valence-corrected chi connectivity index (χ0v) is 12.7. The third-order valence-corrected chi connectivity index (χ3v) is 3.46. The van der Waals surface area contributed by atoms with Gasteiger partial charge in [0.05, 0.1) is 18.8 Å². The fourth-order valence-electron chi connectivity index (χ4n) is 0.996. The third-order valence-electron chi connectivity index (χ3n) is 1.25. The molecule has 0 aliphatic carbocycles. The Morgan fingerprint density at radius 3 is 2.00 bits per heavy atom. The smallest absolute Gasteiger partial charge is 0.356 e. The van der Waals surface area contributed by atoms with Crippen molar-refractivity contribution in [2.45, 2.75) is 39.9 Å². The van der Waals surface area contributed by atoms with Gasteiger partial charge >= 0.3 is 7.60 Å². The Morgan fingerprint density at radius 2 is 1.69 bits per heavy atom. The first-order valence-corrected chi connectivity index (χ1v) is 7.64. The molecule has 16 heavy (non-hydrogen) atoms. The van der Waals surface area contributed by atoms with Gasteiger partial charge in [0.15, 0.2) is 0 Å². The molecule has 0 atom stereocenters. The number of halogens is 1. The molecule has 0 aromatic rings. The van der Waals surface area contributed by atoms with Gasteiger partial charge in [0, 0.05) is 4.48 Å². The first kappa shape index (κ1) is 16.3. The standard InChI is InChI=1S/C10H20BrO4P/c1-8(2)14-16(12,15-9(3)4)7-13-6-10(5)11/h8-9H,5-7H2,1-4H3. The van der Waals surface area contributed by atoms with Crippen molar-refractivity contribution < 1.29 is 18.3 Å². The second kappa shape index (κ2) is 7.62. The molecular formula is C10H20BrO4P. The molecule has 0 fully saturated rings. The van der Waals surface area contributed by atoms with Crippen LogP contribution in [-0.4, -0.2) is 25.2 Å². The van der Waals surface area contributed by atoms with Crippen molar-refractivity contribution in [3.05, 3.63) is 11.1 Å². The Hall–Kier alpha value is 0.330. The van der Waals surface area contributed by atoms with Crippen LogP contribution in [0.15, 0.2) is 11.1 Å². The molecule has 0 bridgehead atoms. The molecule has 0 rings (SSSR count). The number of hydrogen-bond acceptors (Lipinski definition) is 4. The molecule has 0 aromatic heterocycles. The normalized spacial score (nSPS) is 12.4. The minimum Gasteiger partial charge on any atom is -0.364 e. The number of ether oxygens (including phenoxy) is 1. The summed E-state index contributed by atoms with van der Waals surface area (Å²) in [5, 5.41) is 0. The van der Waals surface area contributed by atoms with E-state index in [1.807, 2.05) is 0 Å². The molecule has 0 heterocycles. The van der Waals surface area contributed by atoms with Gasteiger partial charge in [-0.15, -0.1) is 0 Å². The molecule has 96 valence electrons. The van der Waals surface area contributed by atoms with Crippen LogP contribution < -0.4 is 0 Å². The predicted octanol–water partition coefficient (Wildman–Crippen LogP) is 3.91. The lowest BCUT2D eigenvalue weighted by Crippen LogP contribution is -2.12. The van der Waals surface area contributed by atoms with Gasteiger partial charge in [0.2, 0.25) is 0 Å². The van der Waals surface area contributed by atoms with Crippen molar-refractivity contribution in [3.8, 4) is 0 Å². The van der Waals surface area contributed by atoms with Crippen LogP contribution in [0.3, 0.4) is 0 Å². The topological polar surface area (TPSA) is 44.8 Å². The molecule has 4 nitrogen and oxygen atoms in total. The number of rotatable bonds is 8. The summed E-state index contributed by atoms with van der Waals surface area (Å²) in [6, 6.07) is 0. The lowest BCUT2D eigenvalue weighted by Gasteiger charge is -2.22. The summed E-state index contributed by atoms with van der Waals surface area (Å²) in [5.74, 6) is 0. The second-order valence-corrected chi connectivity index (χ2v) is 6.94. The van der Waals surface area contributed by atoms with E-state index < -0.39 is 7.60 Å². The predicted molar refractivity (Wildman–Crippen MR) is 68.9 cm³/mol. The van der Waals surface area contributed by atoms with Crippen LogP contribution in [0.5, 0.6) is 0 Å². The molecule has 0 saturated heterocycles. The molecule has 6 heteroatoms. The van der Waals surface area contributed by atoms with Gasteiger partial charge in [-0.25, -0.2) is 0 Å². The highest BCUT2D eigenvalue weighted by molar-refractivity contribution is 9.11. The van der Waals surface area contributed by atoms with E-state index >= 15 is 0 Å². The average Bonchev–Trinajstić information content (AvgIpc) is 1.98. The quantitative estimate of drug-likeness (QED) is 0.637. The van der Waals surface area contributed by atoms with Crippen LogP contribution in [0.1, 0.15) is 27.7 Å². The highest BCUT2D eigenvalue weighted by atomic mass is 79.9. The van der Waals surface area contributed by atoms with Gasteiger partial charge in [0.1, 0.15) is 6.35 Å². The number of hydrogen-bond donors (Lipinski definition) is 0. The van der Waals surface area contributed by atoms with Gasteiger partial charge in [-0.1, -0.05) is 22.5 Å². The molecule has 0 amide bonds. The monoisotopic (exact) mass is 314 g/mol. The van der Waals surface area contributed by atoms with Crippen molar-refractivity contribution in [3.63, 3.8) is 0 Å². The maximum absolute atomic E-state index is 12.2.